The van der Waals surface area contributed by atoms with Gasteiger partial charge in [-0.25, -0.2) is 0 Å². The van der Waals surface area contributed by atoms with Crippen LogP contribution in [0.25, 0.3) is 10.9 Å². The Bertz CT molecular complexity index is 902. The number of aliphatic hydroxyl groups is 1. The van der Waals surface area contributed by atoms with Gasteiger partial charge in [0, 0.05) is 22.6 Å². The van der Waals surface area contributed by atoms with Crippen LogP contribution >= 0.6 is 11.6 Å². The van der Waals surface area contributed by atoms with Crippen molar-refractivity contribution in [1.82, 2.24) is 10.3 Å². The number of nitrogens with one attached hydrogen (secondary N) is 2. The molecule has 0 radical (unpaired) electrons. The van der Waals surface area contributed by atoms with Crippen LogP contribution in [0.4, 0.5) is 0 Å². The Balaban J connectivity index is 1.77. The molecular formula is C19H19ClN2O2. The topological polar surface area (TPSA) is 65.1 Å². The number of para-hydroxylation sites is 1. The fourth-order valence-electron chi connectivity index (χ4n) is 2.79. The first-order valence-electron chi connectivity index (χ1n) is 7.77. The summed E-state index contributed by atoms with van der Waals surface area (Å²) in [7, 11) is 0. The minimum atomic E-state index is -0.807. The zero-order valence-corrected chi connectivity index (χ0v) is 14.3. The maximum Gasteiger partial charge on any atom is 0.253 e. The number of rotatable bonds is 4. The minimum absolute atomic E-state index is 0.119. The van der Waals surface area contributed by atoms with Crippen LogP contribution in [-0.4, -0.2) is 22.5 Å². The molecule has 1 amide bonds. The van der Waals surface area contributed by atoms with Crippen molar-refractivity contribution in [2.75, 3.05) is 6.54 Å². The van der Waals surface area contributed by atoms with Crippen molar-refractivity contribution in [3.05, 3.63) is 69.9 Å². The molecule has 0 aliphatic carbocycles. The molecule has 4 nitrogen and oxygen atoms in total. The van der Waals surface area contributed by atoms with Crippen LogP contribution in [0.5, 0.6) is 0 Å². The third-order valence-electron chi connectivity index (χ3n) is 4.28. The number of hydrogen-bond donors (Lipinski definition) is 3. The maximum absolute atomic E-state index is 12.5. The molecule has 3 N–H and O–H groups in total. The van der Waals surface area contributed by atoms with Crippen molar-refractivity contribution in [2.24, 2.45) is 0 Å². The van der Waals surface area contributed by atoms with Gasteiger partial charge in [0.1, 0.15) is 0 Å². The first-order valence-corrected chi connectivity index (χ1v) is 8.15. The van der Waals surface area contributed by atoms with Crippen LogP contribution in [0.2, 0.25) is 5.02 Å². The fourth-order valence-corrected chi connectivity index (χ4v) is 2.99. The van der Waals surface area contributed by atoms with Crippen LogP contribution in [0.3, 0.4) is 0 Å². The van der Waals surface area contributed by atoms with E-state index < -0.39 is 6.10 Å². The van der Waals surface area contributed by atoms with Gasteiger partial charge in [-0.2, -0.15) is 0 Å². The second-order valence-electron chi connectivity index (χ2n) is 5.88. The van der Waals surface area contributed by atoms with Gasteiger partial charge in [0.2, 0.25) is 0 Å². The largest absolute Gasteiger partial charge is 0.387 e. The van der Waals surface area contributed by atoms with Gasteiger partial charge >= 0.3 is 0 Å². The Hall–Kier alpha value is -2.30. The maximum atomic E-state index is 12.5. The predicted molar refractivity (Wildman–Crippen MR) is 96.5 cm³/mol. The number of aromatic amines is 1. The molecule has 0 saturated carbocycles. The number of H-pyrrole nitrogens is 1. The molecule has 1 aromatic heterocycles. The molecule has 0 spiro atoms. The number of aliphatic hydroxyl groups excluding tert-OH is 1. The Morgan fingerprint density at radius 1 is 1.25 bits per heavy atom. The molecular weight excluding hydrogens is 324 g/mol. The summed E-state index contributed by atoms with van der Waals surface area (Å²) >= 11 is 5.93. The molecule has 3 aromatic rings. The number of halogens is 1. The molecule has 0 aliphatic heterocycles. The lowest BCUT2D eigenvalue weighted by Gasteiger charge is -2.13. The number of carbonyl (C=O) groups excluding carboxylic acids is 1. The number of aromatic nitrogens is 1. The lowest BCUT2D eigenvalue weighted by atomic mass is 10.1. The third-order valence-corrected chi connectivity index (χ3v) is 4.51. The van der Waals surface area contributed by atoms with Crippen molar-refractivity contribution in [2.45, 2.75) is 20.0 Å². The molecule has 24 heavy (non-hydrogen) atoms. The summed E-state index contributed by atoms with van der Waals surface area (Å²) in [6.07, 6.45) is -0.807. The van der Waals surface area contributed by atoms with Gasteiger partial charge in [0.05, 0.1) is 17.2 Å². The van der Waals surface area contributed by atoms with Gasteiger partial charge in [-0.1, -0.05) is 35.9 Å². The Labute approximate surface area is 145 Å². The lowest BCUT2D eigenvalue weighted by Crippen LogP contribution is -2.28. The predicted octanol–water partition coefficient (Wildman–Crippen LogP) is 3.90. The van der Waals surface area contributed by atoms with Gasteiger partial charge in [0.15, 0.2) is 0 Å². The van der Waals surface area contributed by atoms with Crippen molar-refractivity contribution in [1.29, 1.82) is 0 Å². The number of benzene rings is 2. The molecule has 1 heterocycles. The van der Waals surface area contributed by atoms with E-state index in [1.165, 1.54) is 0 Å². The van der Waals surface area contributed by atoms with E-state index in [9.17, 15) is 9.90 Å². The average molecular weight is 343 g/mol. The van der Waals surface area contributed by atoms with Crippen LogP contribution in [-0.2, 0) is 0 Å². The molecule has 0 unspecified atom stereocenters. The summed E-state index contributed by atoms with van der Waals surface area (Å²) in [6.45, 7) is 4.13. The van der Waals surface area contributed by atoms with Crippen molar-refractivity contribution in [3.63, 3.8) is 0 Å². The lowest BCUT2D eigenvalue weighted by molar-refractivity contribution is 0.0918. The Kier molecular flexibility index (Phi) is 4.60. The molecule has 5 heteroatoms. The van der Waals surface area contributed by atoms with E-state index in [0.717, 1.165) is 22.2 Å². The van der Waals surface area contributed by atoms with Crippen molar-refractivity contribution < 1.29 is 9.90 Å². The zero-order chi connectivity index (χ0) is 17.3. The Morgan fingerprint density at radius 2 is 2.00 bits per heavy atom. The highest BCUT2D eigenvalue weighted by atomic mass is 35.5. The summed E-state index contributed by atoms with van der Waals surface area (Å²) in [4.78, 5) is 15.8. The van der Waals surface area contributed by atoms with Gasteiger partial charge in [0.25, 0.3) is 5.91 Å². The summed E-state index contributed by atoms with van der Waals surface area (Å²) in [5, 5.41) is 14.6. The van der Waals surface area contributed by atoms with Gasteiger partial charge < -0.3 is 15.4 Å². The summed E-state index contributed by atoms with van der Waals surface area (Å²) in [5.74, 6) is -0.220. The molecule has 2 aromatic carbocycles. The smallest absolute Gasteiger partial charge is 0.253 e. The highest BCUT2D eigenvalue weighted by Gasteiger charge is 2.15. The summed E-state index contributed by atoms with van der Waals surface area (Å²) in [6, 6.07) is 12.6. The van der Waals surface area contributed by atoms with Crippen molar-refractivity contribution in [3.8, 4) is 0 Å². The highest BCUT2D eigenvalue weighted by Crippen LogP contribution is 2.24. The first-order chi connectivity index (χ1) is 11.5. The monoisotopic (exact) mass is 342 g/mol. The summed E-state index contributed by atoms with van der Waals surface area (Å²) < 4.78 is 0. The standard InChI is InChI=1S/C19H19ClN2O2/c1-11-12(2)22-18-15(11)7-4-8-16(18)19(24)21-10-17(23)13-5-3-6-14(20)9-13/h3-9,17,22-23H,10H2,1-2H3,(H,21,24)/t17-/m0/s1. The molecule has 0 bridgehead atoms. The number of aryl methyl sites for hydroxylation is 2. The van der Waals surface area contributed by atoms with E-state index in [0.29, 0.717) is 16.1 Å². The van der Waals surface area contributed by atoms with E-state index in [1.54, 1.807) is 30.3 Å². The molecule has 0 aliphatic rings. The fraction of sp³-hybridized carbons (Fsp3) is 0.211. The zero-order valence-electron chi connectivity index (χ0n) is 13.6. The second kappa shape index (κ2) is 6.67. The van der Waals surface area contributed by atoms with E-state index in [-0.39, 0.29) is 12.5 Å². The minimum Gasteiger partial charge on any atom is -0.387 e. The van der Waals surface area contributed by atoms with Crippen LogP contribution in [0, 0.1) is 13.8 Å². The van der Waals surface area contributed by atoms with Gasteiger partial charge in [-0.3, -0.25) is 4.79 Å². The van der Waals surface area contributed by atoms with Gasteiger partial charge in [-0.05, 0) is 43.2 Å². The average Bonchev–Trinajstić information content (AvgIpc) is 2.87. The molecule has 0 saturated heterocycles. The van der Waals surface area contributed by atoms with Crippen LogP contribution in [0.1, 0.15) is 33.3 Å². The van der Waals surface area contributed by atoms with Crippen LogP contribution in [0.15, 0.2) is 42.5 Å². The van der Waals surface area contributed by atoms with E-state index in [1.807, 2.05) is 26.0 Å². The number of hydrogen-bond acceptors (Lipinski definition) is 2. The van der Waals surface area contributed by atoms with Crippen LogP contribution < -0.4 is 5.32 Å². The molecule has 124 valence electrons. The number of amides is 1. The third kappa shape index (κ3) is 3.16. The number of carbonyl (C=O) groups is 1. The normalized spacial score (nSPS) is 12.3. The van der Waals surface area contributed by atoms with E-state index in [2.05, 4.69) is 10.3 Å². The molecule has 1 atom stereocenters. The van der Waals surface area contributed by atoms with Crippen molar-refractivity contribution >= 4 is 28.4 Å². The quantitative estimate of drug-likeness (QED) is 0.673. The summed E-state index contributed by atoms with van der Waals surface area (Å²) in [5.41, 5.74) is 4.25. The molecule has 3 rings (SSSR count). The highest BCUT2D eigenvalue weighted by molar-refractivity contribution is 6.30. The molecule has 0 fully saturated rings. The Morgan fingerprint density at radius 3 is 2.75 bits per heavy atom. The van der Waals surface area contributed by atoms with E-state index in [4.69, 9.17) is 11.6 Å². The van der Waals surface area contributed by atoms with Gasteiger partial charge in [-0.15, -0.1) is 0 Å². The second-order valence-corrected chi connectivity index (χ2v) is 6.32. The number of fused-ring (bicyclic) bond motifs is 1. The SMILES string of the molecule is Cc1[nH]c2c(C(=O)NC[C@H](O)c3cccc(Cl)c3)cccc2c1C. The first kappa shape index (κ1) is 16.6. The van der Waals surface area contributed by atoms with E-state index >= 15 is 0 Å².